The van der Waals surface area contributed by atoms with Crippen LogP contribution in [-0.2, 0) is 6.42 Å². The van der Waals surface area contributed by atoms with Gasteiger partial charge in [0, 0.05) is 10.5 Å². The second-order valence-electron chi connectivity index (χ2n) is 3.49. The summed E-state index contributed by atoms with van der Waals surface area (Å²) < 4.78 is 1.06. The van der Waals surface area contributed by atoms with Crippen LogP contribution in [0.15, 0.2) is 22.7 Å². The average molecular weight is 242 g/mol. The minimum Gasteiger partial charge on any atom is -0.387 e. The fourth-order valence-electron chi connectivity index (χ4n) is 1.79. The van der Waals surface area contributed by atoms with Crippen LogP contribution >= 0.6 is 15.9 Å². The van der Waals surface area contributed by atoms with Crippen molar-refractivity contribution in [2.75, 3.05) is 0 Å². The Labute approximate surface area is 85.9 Å². The van der Waals surface area contributed by atoms with E-state index in [-0.39, 0.29) is 6.04 Å². The molecule has 3 N–H and O–H groups in total. The second-order valence-corrected chi connectivity index (χ2v) is 4.41. The molecule has 0 unspecified atom stereocenters. The summed E-state index contributed by atoms with van der Waals surface area (Å²) in [6.07, 6.45) is 1.34. The van der Waals surface area contributed by atoms with Crippen LogP contribution in [0.5, 0.6) is 0 Å². The van der Waals surface area contributed by atoms with Gasteiger partial charge >= 0.3 is 0 Å². The standard InChI is InChI=1S/C10H12BrNO/c11-7-2-3-8-6(5-7)1-4-9(12)10(8)13/h2-3,5,9-10,13H,1,4,12H2/t9-,10+/m0/s1. The van der Waals surface area contributed by atoms with Gasteiger partial charge in [-0.3, -0.25) is 0 Å². The number of hydrogen-bond donors (Lipinski definition) is 2. The molecule has 0 spiro atoms. The third-order valence-electron chi connectivity index (χ3n) is 2.58. The topological polar surface area (TPSA) is 46.2 Å². The van der Waals surface area contributed by atoms with E-state index in [2.05, 4.69) is 22.0 Å². The van der Waals surface area contributed by atoms with Gasteiger partial charge in [-0.25, -0.2) is 0 Å². The van der Waals surface area contributed by atoms with E-state index in [1.54, 1.807) is 0 Å². The van der Waals surface area contributed by atoms with Gasteiger partial charge < -0.3 is 10.8 Å². The molecule has 0 aromatic heterocycles. The zero-order valence-corrected chi connectivity index (χ0v) is 8.79. The molecule has 0 saturated heterocycles. The molecular formula is C10H12BrNO. The Morgan fingerprint density at radius 1 is 1.46 bits per heavy atom. The van der Waals surface area contributed by atoms with E-state index in [0.717, 1.165) is 22.9 Å². The Morgan fingerprint density at radius 3 is 3.00 bits per heavy atom. The van der Waals surface area contributed by atoms with Gasteiger partial charge in [0.1, 0.15) is 0 Å². The summed E-state index contributed by atoms with van der Waals surface area (Å²) in [6, 6.07) is 5.85. The van der Waals surface area contributed by atoms with Crippen molar-refractivity contribution in [3.8, 4) is 0 Å². The van der Waals surface area contributed by atoms with Crippen LogP contribution in [0.25, 0.3) is 0 Å². The largest absolute Gasteiger partial charge is 0.387 e. The number of aryl methyl sites for hydroxylation is 1. The van der Waals surface area contributed by atoms with Gasteiger partial charge in [0.25, 0.3) is 0 Å². The lowest BCUT2D eigenvalue weighted by Crippen LogP contribution is -2.32. The summed E-state index contributed by atoms with van der Waals surface area (Å²) >= 11 is 3.41. The first kappa shape index (κ1) is 9.19. The van der Waals surface area contributed by atoms with E-state index in [4.69, 9.17) is 5.73 Å². The zero-order chi connectivity index (χ0) is 9.42. The Morgan fingerprint density at radius 2 is 2.23 bits per heavy atom. The van der Waals surface area contributed by atoms with Crippen LogP contribution in [0.4, 0.5) is 0 Å². The van der Waals surface area contributed by atoms with Crippen LogP contribution in [0.2, 0.25) is 0 Å². The van der Waals surface area contributed by atoms with Crippen LogP contribution in [0.1, 0.15) is 23.7 Å². The van der Waals surface area contributed by atoms with Crippen molar-refractivity contribution in [1.29, 1.82) is 0 Å². The number of hydrogen-bond acceptors (Lipinski definition) is 2. The summed E-state index contributed by atoms with van der Waals surface area (Å²) in [5.74, 6) is 0. The van der Waals surface area contributed by atoms with E-state index in [1.165, 1.54) is 5.56 Å². The lowest BCUT2D eigenvalue weighted by Gasteiger charge is -2.27. The van der Waals surface area contributed by atoms with Gasteiger partial charge in [0.05, 0.1) is 6.10 Å². The Bertz CT molecular complexity index is 327. The van der Waals surface area contributed by atoms with Gasteiger partial charge in [0.2, 0.25) is 0 Å². The molecule has 1 aromatic carbocycles. The molecule has 0 saturated carbocycles. The van der Waals surface area contributed by atoms with Crippen LogP contribution in [0, 0.1) is 0 Å². The van der Waals surface area contributed by atoms with E-state index in [0.29, 0.717) is 0 Å². The molecule has 13 heavy (non-hydrogen) atoms. The first-order valence-electron chi connectivity index (χ1n) is 4.40. The smallest absolute Gasteiger partial charge is 0.0943 e. The van der Waals surface area contributed by atoms with Crippen molar-refractivity contribution in [2.45, 2.75) is 25.0 Å². The zero-order valence-electron chi connectivity index (χ0n) is 7.20. The Hall–Kier alpha value is -0.380. The predicted molar refractivity (Wildman–Crippen MR) is 55.4 cm³/mol. The summed E-state index contributed by atoms with van der Waals surface area (Å²) in [7, 11) is 0. The molecule has 0 fully saturated rings. The van der Waals surface area contributed by atoms with E-state index in [9.17, 15) is 5.11 Å². The summed E-state index contributed by atoms with van der Waals surface area (Å²) in [5.41, 5.74) is 7.97. The van der Waals surface area contributed by atoms with Gasteiger partial charge in [-0.1, -0.05) is 22.0 Å². The van der Waals surface area contributed by atoms with Crippen LogP contribution in [0.3, 0.4) is 0 Å². The minimum absolute atomic E-state index is 0.103. The van der Waals surface area contributed by atoms with Crippen molar-refractivity contribution in [3.63, 3.8) is 0 Å². The van der Waals surface area contributed by atoms with Crippen molar-refractivity contribution < 1.29 is 5.11 Å². The number of benzene rings is 1. The highest BCUT2D eigenvalue weighted by Crippen LogP contribution is 2.30. The molecule has 3 heteroatoms. The summed E-state index contributed by atoms with van der Waals surface area (Å²) in [5, 5.41) is 9.78. The maximum absolute atomic E-state index is 9.78. The molecule has 0 bridgehead atoms. The highest BCUT2D eigenvalue weighted by atomic mass is 79.9. The summed E-state index contributed by atoms with van der Waals surface area (Å²) in [6.45, 7) is 0. The summed E-state index contributed by atoms with van der Waals surface area (Å²) in [4.78, 5) is 0. The molecule has 2 atom stereocenters. The highest BCUT2D eigenvalue weighted by molar-refractivity contribution is 9.10. The van der Waals surface area contributed by atoms with Crippen LogP contribution < -0.4 is 5.73 Å². The number of rotatable bonds is 0. The van der Waals surface area contributed by atoms with Crippen molar-refractivity contribution >= 4 is 15.9 Å². The maximum Gasteiger partial charge on any atom is 0.0943 e. The molecule has 70 valence electrons. The quantitative estimate of drug-likeness (QED) is 0.728. The van der Waals surface area contributed by atoms with Gasteiger partial charge in [-0.2, -0.15) is 0 Å². The molecule has 1 aliphatic rings. The van der Waals surface area contributed by atoms with Gasteiger partial charge in [-0.15, -0.1) is 0 Å². The highest BCUT2D eigenvalue weighted by Gasteiger charge is 2.24. The molecule has 0 radical (unpaired) electrons. The second kappa shape index (κ2) is 3.40. The molecule has 1 aliphatic carbocycles. The normalized spacial score (nSPS) is 27.0. The molecule has 0 heterocycles. The maximum atomic E-state index is 9.78. The number of aliphatic hydroxyl groups excluding tert-OH is 1. The molecule has 0 amide bonds. The van der Waals surface area contributed by atoms with Crippen molar-refractivity contribution in [1.82, 2.24) is 0 Å². The number of aliphatic hydroxyl groups is 1. The van der Waals surface area contributed by atoms with Crippen molar-refractivity contribution in [3.05, 3.63) is 33.8 Å². The third-order valence-corrected chi connectivity index (χ3v) is 3.07. The fourth-order valence-corrected chi connectivity index (χ4v) is 2.20. The lowest BCUT2D eigenvalue weighted by molar-refractivity contribution is 0.134. The number of halogens is 1. The molecule has 2 nitrogen and oxygen atoms in total. The average Bonchev–Trinajstić information content (AvgIpc) is 2.12. The third kappa shape index (κ3) is 1.64. The number of nitrogens with two attached hydrogens (primary N) is 1. The van der Waals surface area contributed by atoms with Gasteiger partial charge in [-0.05, 0) is 36.1 Å². The van der Waals surface area contributed by atoms with E-state index < -0.39 is 6.10 Å². The fraction of sp³-hybridized carbons (Fsp3) is 0.400. The number of fused-ring (bicyclic) bond motifs is 1. The molecule has 2 rings (SSSR count). The van der Waals surface area contributed by atoms with Crippen LogP contribution in [-0.4, -0.2) is 11.1 Å². The van der Waals surface area contributed by atoms with E-state index >= 15 is 0 Å². The van der Waals surface area contributed by atoms with Crippen molar-refractivity contribution in [2.24, 2.45) is 5.73 Å². The molecular weight excluding hydrogens is 230 g/mol. The first-order chi connectivity index (χ1) is 6.18. The molecule has 0 aliphatic heterocycles. The first-order valence-corrected chi connectivity index (χ1v) is 5.20. The SMILES string of the molecule is N[C@H]1CCc2cc(Br)ccc2[C@H]1O. The predicted octanol–water partition coefficient (Wildman–Crippen LogP) is 1.76. The Balaban J connectivity index is 2.44. The lowest BCUT2D eigenvalue weighted by atomic mass is 9.86. The monoisotopic (exact) mass is 241 g/mol. The van der Waals surface area contributed by atoms with Gasteiger partial charge in [0.15, 0.2) is 0 Å². The molecule has 1 aromatic rings. The minimum atomic E-state index is -0.489. The Kier molecular flexibility index (Phi) is 2.41. The van der Waals surface area contributed by atoms with E-state index in [1.807, 2.05) is 12.1 Å².